The van der Waals surface area contributed by atoms with E-state index in [2.05, 4.69) is 9.97 Å². The molecule has 2 rings (SSSR count). The fraction of sp³-hybridized carbons (Fsp3) is 0. The predicted octanol–water partition coefficient (Wildman–Crippen LogP) is -2.15. The van der Waals surface area contributed by atoms with E-state index in [1.54, 1.807) is 24.8 Å². The molecule has 0 amide bonds. The third-order valence-corrected chi connectivity index (χ3v) is 1.83. The first-order valence-corrected chi connectivity index (χ1v) is 4.88. The Morgan fingerprint density at radius 3 is 1.50 bits per heavy atom. The van der Waals surface area contributed by atoms with Crippen LogP contribution in [0.4, 0.5) is 0 Å². The zero-order chi connectivity index (χ0) is 13.4. The van der Waals surface area contributed by atoms with Gasteiger partial charge in [0.15, 0.2) is 0 Å². The van der Waals surface area contributed by atoms with Gasteiger partial charge in [0.25, 0.3) is 0 Å². The summed E-state index contributed by atoms with van der Waals surface area (Å²) < 4.78 is 0. The van der Waals surface area contributed by atoms with Gasteiger partial charge >= 0.3 is 63.3 Å². The SMILES string of the molecule is O.O=C(O)c1cccc(C(=O)O)c1.[H-].[K+].c1cnccn1. The number of nitrogens with zero attached hydrogens (tertiary/aromatic N) is 2. The molecule has 1 aromatic carbocycles. The predicted molar refractivity (Wildman–Crippen MR) is 67.1 cm³/mol. The maximum atomic E-state index is 10.4. The van der Waals surface area contributed by atoms with Gasteiger partial charge in [0, 0.05) is 24.8 Å². The van der Waals surface area contributed by atoms with Gasteiger partial charge < -0.3 is 17.1 Å². The summed E-state index contributed by atoms with van der Waals surface area (Å²) in [5, 5.41) is 17.0. The number of hydrogen-bond donors (Lipinski definition) is 2. The fourth-order valence-electron chi connectivity index (χ4n) is 1.04. The molecule has 0 aliphatic rings. The molecular formula is C12H13KN2O5. The van der Waals surface area contributed by atoms with E-state index in [1.165, 1.54) is 18.2 Å². The summed E-state index contributed by atoms with van der Waals surface area (Å²) in [5.41, 5.74) is -0.0372. The molecule has 1 heterocycles. The zero-order valence-corrected chi connectivity index (χ0v) is 13.8. The monoisotopic (exact) mass is 304 g/mol. The average Bonchev–Trinajstić information content (AvgIpc) is 2.41. The van der Waals surface area contributed by atoms with Crippen LogP contribution in [0.2, 0.25) is 0 Å². The minimum Gasteiger partial charge on any atom is -1.00 e. The van der Waals surface area contributed by atoms with Crippen LogP contribution in [-0.4, -0.2) is 37.6 Å². The van der Waals surface area contributed by atoms with E-state index in [1.807, 2.05) is 0 Å². The van der Waals surface area contributed by atoms with Gasteiger partial charge in [-0.15, -0.1) is 0 Å². The van der Waals surface area contributed by atoms with Crippen LogP contribution < -0.4 is 51.4 Å². The smallest absolute Gasteiger partial charge is 1.00 e. The molecule has 2 aromatic rings. The molecule has 0 aliphatic heterocycles. The van der Waals surface area contributed by atoms with E-state index < -0.39 is 11.9 Å². The molecule has 0 spiro atoms. The molecule has 20 heavy (non-hydrogen) atoms. The first-order valence-electron chi connectivity index (χ1n) is 4.88. The van der Waals surface area contributed by atoms with Crippen molar-refractivity contribution >= 4 is 11.9 Å². The zero-order valence-electron chi connectivity index (χ0n) is 11.7. The maximum Gasteiger partial charge on any atom is 1.00 e. The number of carboxylic acid groups (broad SMARTS) is 2. The number of hydrogen-bond acceptors (Lipinski definition) is 4. The minimum absolute atomic E-state index is 0. The van der Waals surface area contributed by atoms with Gasteiger partial charge in [-0.3, -0.25) is 9.97 Å². The summed E-state index contributed by atoms with van der Waals surface area (Å²) in [7, 11) is 0. The van der Waals surface area contributed by atoms with E-state index in [9.17, 15) is 9.59 Å². The second kappa shape index (κ2) is 11.6. The van der Waals surface area contributed by atoms with Crippen LogP contribution >= 0.6 is 0 Å². The van der Waals surface area contributed by atoms with Crippen molar-refractivity contribution in [3.8, 4) is 0 Å². The van der Waals surface area contributed by atoms with Gasteiger partial charge in [-0.2, -0.15) is 0 Å². The van der Waals surface area contributed by atoms with Crippen LogP contribution in [0.1, 0.15) is 22.1 Å². The number of benzene rings is 1. The Balaban J connectivity index is -0.000000312. The third-order valence-electron chi connectivity index (χ3n) is 1.83. The molecule has 0 unspecified atom stereocenters. The van der Waals surface area contributed by atoms with Crippen LogP contribution in [0.5, 0.6) is 0 Å². The van der Waals surface area contributed by atoms with Gasteiger partial charge in [0.1, 0.15) is 0 Å². The van der Waals surface area contributed by atoms with Crippen LogP contribution in [0.3, 0.4) is 0 Å². The number of carbonyl (C=O) groups is 2. The van der Waals surface area contributed by atoms with Crippen molar-refractivity contribution in [1.82, 2.24) is 9.97 Å². The summed E-state index contributed by atoms with van der Waals surface area (Å²) in [6.07, 6.45) is 6.56. The molecule has 4 N–H and O–H groups in total. The van der Waals surface area contributed by atoms with Crippen molar-refractivity contribution in [2.24, 2.45) is 0 Å². The van der Waals surface area contributed by atoms with Crippen molar-refractivity contribution in [1.29, 1.82) is 0 Å². The molecule has 0 fully saturated rings. The summed E-state index contributed by atoms with van der Waals surface area (Å²) >= 11 is 0. The van der Waals surface area contributed by atoms with Gasteiger partial charge in [0.05, 0.1) is 11.1 Å². The summed E-state index contributed by atoms with van der Waals surface area (Å²) in [5.74, 6) is -2.25. The number of aromatic carboxylic acids is 2. The second-order valence-electron chi connectivity index (χ2n) is 3.09. The Morgan fingerprint density at radius 2 is 1.25 bits per heavy atom. The number of aromatic nitrogens is 2. The van der Waals surface area contributed by atoms with Gasteiger partial charge in [-0.1, -0.05) is 6.07 Å². The first kappa shape index (κ1) is 21.1. The minimum atomic E-state index is -1.13. The molecule has 0 saturated heterocycles. The molecule has 102 valence electrons. The summed E-state index contributed by atoms with van der Waals surface area (Å²) in [4.78, 5) is 28.2. The standard InChI is InChI=1S/C8H6O4.C4H4N2.K.H2O.H/c9-7(10)5-2-1-3-6(4-5)8(11)12;1-2-6-4-3-5-1;;;/h1-4H,(H,9,10)(H,11,12);1-4H;;1H2;/q;;+1;;-1. The Hall–Kier alpha value is -1.16. The molecule has 0 radical (unpaired) electrons. The van der Waals surface area contributed by atoms with E-state index in [4.69, 9.17) is 10.2 Å². The Labute approximate surface area is 158 Å². The van der Waals surface area contributed by atoms with Crippen LogP contribution in [0.15, 0.2) is 49.1 Å². The van der Waals surface area contributed by atoms with E-state index >= 15 is 0 Å². The Bertz CT molecular complexity index is 486. The molecule has 0 bridgehead atoms. The van der Waals surface area contributed by atoms with Crippen molar-refractivity contribution < 1.29 is 78.1 Å². The molecule has 0 aliphatic carbocycles. The van der Waals surface area contributed by atoms with Gasteiger partial charge in [-0.25, -0.2) is 9.59 Å². The molecule has 0 atom stereocenters. The Morgan fingerprint density at radius 1 is 0.900 bits per heavy atom. The van der Waals surface area contributed by atoms with Crippen molar-refractivity contribution in [2.75, 3.05) is 0 Å². The van der Waals surface area contributed by atoms with Crippen molar-refractivity contribution in [3.05, 3.63) is 60.2 Å². The molecule has 0 saturated carbocycles. The molecule has 8 heteroatoms. The van der Waals surface area contributed by atoms with E-state index in [0.717, 1.165) is 6.07 Å². The van der Waals surface area contributed by atoms with Crippen molar-refractivity contribution in [2.45, 2.75) is 0 Å². The summed E-state index contributed by atoms with van der Waals surface area (Å²) in [6.45, 7) is 0. The largest absolute Gasteiger partial charge is 1.00 e. The fourth-order valence-corrected chi connectivity index (χ4v) is 1.04. The first-order chi connectivity index (χ1) is 8.61. The molecule has 1 aromatic heterocycles. The van der Waals surface area contributed by atoms with Gasteiger partial charge in [-0.05, 0) is 18.2 Å². The quantitative estimate of drug-likeness (QED) is 0.608. The normalized spacial score (nSPS) is 8.00. The number of rotatable bonds is 2. The summed E-state index contributed by atoms with van der Waals surface area (Å²) in [6, 6.07) is 5.20. The topological polar surface area (TPSA) is 132 Å². The molecule has 7 nitrogen and oxygen atoms in total. The Kier molecular flexibility index (Phi) is 12.3. The van der Waals surface area contributed by atoms with E-state index in [0.29, 0.717) is 0 Å². The van der Waals surface area contributed by atoms with E-state index in [-0.39, 0.29) is 69.4 Å². The van der Waals surface area contributed by atoms with Crippen LogP contribution in [0, 0.1) is 0 Å². The van der Waals surface area contributed by atoms with Crippen LogP contribution in [0.25, 0.3) is 0 Å². The van der Waals surface area contributed by atoms with Gasteiger partial charge in [0.2, 0.25) is 0 Å². The van der Waals surface area contributed by atoms with Crippen LogP contribution in [-0.2, 0) is 0 Å². The average molecular weight is 304 g/mol. The van der Waals surface area contributed by atoms with Crippen molar-refractivity contribution in [3.63, 3.8) is 0 Å². The second-order valence-corrected chi connectivity index (χ2v) is 3.09. The molecular weight excluding hydrogens is 291 g/mol. The number of carboxylic acids is 2. The maximum absolute atomic E-state index is 10.4. The third kappa shape index (κ3) is 8.10.